The van der Waals surface area contributed by atoms with Gasteiger partial charge in [-0.3, -0.25) is 4.79 Å². The van der Waals surface area contributed by atoms with Crippen molar-refractivity contribution in [3.63, 3.8) is 0 Å². The number of carbonyl (C=O) groups is 1. The fraction of sp³-hybridized carbons (Fsp3) is 0.500. The Morgan fingerprint density at radius 2 is 2.06 bits per heavy atom. The number of anilines is 2. The summed E-state index contributed by atoms with van der Waals surface area (Å²) in [5.74, 6) is 0.333. The zero-order valence-electron chi connectivity index (χ0n) is 9.69. The number of carbonyl (C=O) groups excluding carboxylic acids is 1. The van der Waals surface area contributed by atoms with Crippen LogP contribution in [0.1, 0.15) is 31.1 Å². The molecule has 6 heteroatoms. The number of nitrogen functional groups attached to an aromatic ring is 1. The topological polar surface area (TPSA) is 107 Å². The normalized spacial score (nSPS) is 12.5. The number of rotatable bonds is 4. The fourth-order valence-electron chi connectivity index (χ4n) is 1.07. The summed E-state index contributed by atoms with van der Waals surface area (Å²) < 4.78 is 0. The minimum absolute atomic E-state index is 0.114. The highest BCUT2D eigenvalue weighted by atomic mass is 16.1. The van der Waals surface area contributed by atoms with Gasteiger partial charge in [-0.25, -0.2) is 4.98 Å². The lowest BCUT2D eigenvalue weighted by Gasteiger charge is -2.19. The van der Waals surface area contributed by atoms with E-state index >= 15 is 0 Å². The maximum atomic E-state index is 11.1. The second kappa shape index (κ2) is 4.78. The first-order valence-electron chi connectivity index (χ1n) is 5.10. The summed E-state index contributed by atoms with van der Waals surface area (Å²) in [4.78, 5) is 18.9. The van der Waals surface area contributed by atoms with Gasteiger partial charge in [0.1, 0.15) is 5.82 Å². The van der Waals surface area contributed by atoms with Crippen molar-refractivity contribution >= 4 is 17.7 Å². The van der Waals surface area contributed by atoms with Gasteiger partial charge in [0.25, 0.3) is 5.91 Å². The third-order valence-corrected chi connectivity index (χ3v) is 2.44. The number of nitrogens with zero attached hydrogens (tertiary/aromatic N) is 2. The molecule has 16 heavy (non-hydrogen) atoms. The van der Waals surface area contributed by atoms with Crippen molar-refractivity contribution in [2.75, 3.05) is 11.1 Å². The Hall–Kier alpha value is -1.85. The van der Waals surface area contributed by atoms with Gasteiger partial charge in [0.15, 0.2) is 0 Å². The van der Waals surface area contributed by atoms with Crippen LogP contribution in [0.15, 0.2) is 6.20 Å². The molecule has 1 aromatic rings. The molecule has 0 spiro atoms. The van der Waals surface area contributed by atoms with Crippen molar-refractivity contribution in [1.82, 2.24) is 9.97 Å². The number of hydrogen-bond acceptors (Lipinski definition) is 5. The summed E-state index contributed by atoms with van der Waals surface area (Å²) in [6.07, 6.45) is 1.33. The third-order valence-electron chi connectivity index (χ3n) is 2.44. The molecule has 0 aliphatic heterocycles. The van der Waals surface area contributed by atoms with Crippen LogP contribution in [0, 0.1) is 5.92 Å². The lowest BCUT2D eigenvalue weighted by Crippen LogP contribution is -2.25. The van der Waals surface area contributed by atoms with Crippen LogP contribution in [0.5, 0.6) is 0 Å². The average Bonchev–Trinajstić information content (AvgIpc) is 2.16. The first kappa shape index (κ1) is 12.2. The van der Waals surface area contributed by atoms with Crippen molar-refractivity contribution in [3.05, 3.63) is 11.8 Å². The van der Waals surface area contributed by atoms with Crippen LogP contribution in [0.25, 0.3) is 0 Å². The van der Waals surface area contributed by atoms with Gasteiger partial charge in [0.2, 0.25) is 5.95 Å². The highest BCUT2D eigenvalue weighted by Gasteiger charge is 2.14. The van der Waals surface area contributed by atoms with Crippen LogP contribution in [0.4, 0.5) is 11.8 Å². The van der Waals surface area contributed by atoms with Gasteiger partial charge in [-0.1, -0.05) is 13.8 Å². The van der Waals surface area contributed by atoms with Crippen molar-refractivity contribution < 1.29 is 4.79 Å². The van der Waals surface area contributed by atoms with E-state index in [-0.39, 0.29) is 17.6 Å². The van der Waals surface area contributed by atoms with Gasteiger partial charge in [0, 0.05) is 12.2 Å². The Labute approximate surface area is 94.5 Å². The molecule has 0 radical (unpaired) electrons. The van der Waals surface area contributed by atoms with Crippen LogP contribution < -0.4 is 16.8 Å². The molecule has 0 aromatic carbocycles. The molecule has 1 aromatic heterocycles. The summed E-state index contributed by atoms with van der Waals surface area (Å²) in [6.45, 7) is 6.12. The zero-order chi connectivity index (χ0) is 12.3. The number of aromatic nitrogens is 2. The number of nitrogens with two attached hydrogens (primary N) is 2. The van der Waals surface area contributed by atoms with E-state index < -0.39 is 5.91 Å². The summed E-state index contributed by atoms with van der Waals surface area (Å²) in [5, 5.41) is 3.10. The standard InChI is InChI=1S/C10H17N5O/c1-5(2)6(3)14-9-7(8(11)16)4-13-10(12)15-9/h4-6H,1-3H3,(H2,11,16)(H3,12,13,14,15)/t6-/m1/s1. The smallest absolute Gasteiger partial charge is 0.254 e. The molecule has 0 saturated carbocycles. The van der Waals surface area contributed by atoms with E-state index in [4.69, 9.17) is 11.5 Å². The van der Waals surface area contributed by atoms with Crippen LogP contribution in [0.2, 0.25) is 0 Å². The van der Waals surface area contributed by atoms with Gasteiger partial charge in [-0.05, 0) is 12.8 Å². The van der Waals surface area contributed by atoms with Crippen LogP contribution in [-0.2, 0) is 0 Å². The van der Waals surface area contributed by atoms with Gasteiger partial charge < -0.3 is 16.8 Å². The lowest BCUT2D eigenvalue weighted by molar-refractivity contribution is 0.100. The Kier molecular flexibility index (Phi) is 3.65. The molecule has 0 unspecified atom stereocenters. The molecular weight excluding hydrogens is 206 g/mol. The van der Waals surface area contributed by atoms with E-state index in [1.165, 1.54) is 6.20 Å². The monoisotopic (exact) mass is 223 g/mol. The van der Waals surface area contributed by atoms with E-state index in [2.05, 4.69) is 29.1 Å². The SMILES string of the molecule is CC(C)[C@@H](C)Nc1nc(N)ncc1C(N)=O. The quantitative estimate of drug-likeness (QED) is 0.693. The minimum Gasteiger partial charge on any atom is -0.368 e. The average molecular weight is 223 g/mol. The maximum Gasteiger partial charge on any atom is 0.254 e. The summed E-state index contributed by atoms with van der Waals surface area (Å²) in [7, 11) is 0. The van der Waals surface area contributed by atoms with Crippen molar-refractivity contribution in [2.45, 2.75) is 26.8 Å². The van der Waals surface area contributed by atoms with Gasteiger partial charge in [0.05, 0.1) is 5.56 Å². The van der Waals surface area contributed by atoms with Crippen LogP contribution in [-0.4, -0.2) is 21.9 Å². The van der Waals surface area contributed by atoms with E-state index in [1.54, 1.807) is 0 Å². The van der Waals surface area contributed by atoms with Crippen molar-refractivity contribution in [1.29, 1.82) is 0 Å². The number of amides is 1. The highest BCUT2D eigenvalue weighted by Crippen LogP contribution is 2.15. The highest BCUT2D eigenvalue weighted by molar-refractivity contribution is 5.97. The fourth-order valence-corrected chi connectivity index (χ4v) is 1.07. The van der Waals surface area contributed by atoms with E-state index in [0.717, 1.165) is 0 Å². The molecule has 1 atom stereocenters. The van der Waals surface area contributed by atoms with Crippen LogP contribution >= 0.6 is 0 Å². The maximum absolute atomic E-state index is 11.1. The molecule has 1 heterocycles. The first-order valence-corrected chi connectivity index (χ1v) is 5.10. The molecule has 5 N–H and O–H groups in total. The number of primary amides is 1. The Balaban J connectivity index is 3.01. The molecule has 0 saturated heterocycles. The third kappa shape index (κ3) is 2.82. The van der Waals surface area contributed by atoms with E-state index in [0.29, 0.717) is 11.7 Å². The molecule has 0 aliphatic carbocycles. The molecule has 0 bridgehead atoms. The Morgan fingerprint density at radius 1 is 1.44 bits per heavy atom. The second-order valence-corrected chi connectivity index (χ2v) is 4.03. The van der Waals surface area contributed by atoms with Gasteiger partial charge in [-0.15, -0.1) is 0 Å². The van der Waals surface area contributed by atoms with E-state index in [1.807, 2.05) is 6.92 Å². The largest absolute Gasteiger partial charge is 0.368 e. The molecule has 6 nitrogen and oxygen atoms in total. The molecule has 1 amide bonds. The second-order valence-electron chi connectivity index (χ2n) is 4.03. The van der Waals surface area contributed by atoms with Crippen molar-refractivity contribution in [3.8, 4) is 0 Å². The van der Waals surface area contributed by atoms with Gasteiger partial charge >= 0.3 is 0 Å². The molecule has 0 aliphatic rings. The first-order chi connectivity index (χ1) is 7.41. The predicted molar refractivity (Wildman–Crippen MR) is 62.9 cm³/mol. The van der Waals surface area contributed by atoms with Crippen LogP contribution in [0.3, 0.4) is 0 Å². The molecule has 1 rings (SSSR count). The Morgan fingerprint density at radius 3 is 2.56 bits per heavy atom. The summed E-state index contributed by atoms with van der Waals surface area (Å²) in [5.41, 5.74) is 10.9. The summed E-state index contributed by atoms with van der Waals surface area (Å²) in [6, 6.07) is 0.160. The summed E-state index contributed by atoms with van der Waals surface area (Å²) >= 11 is 0. The predicted octanol–water partition coefficient (Wildman–Crippen LogP) is 0.614. The Bertz CT molecular complexity index is 391. The lowest BCUT2D eigenvalue weighted by atomic mass is 10.1. The number of hydrogen-bond donors (Lipinski definition) is 3. The van der Waals surface area contributed by atoms with E-state index in [9.17, 15) is 4.79 Å². The molecule has 88 valence electrons. The van der Waals surface area contributed by atoms with Gasteiger partial charge in [-0.2, -0.15) is 4.98 Å². The molecular formula is C10H17N5O. The number of nitrogens with one attached hydrogen (secondary N) is 1. The van der Waals surface area contributed by atoms with Crippen molar-refractivity contribution in [2.24, 2.45) is 11.7 Å². The molecule has 0 fully saturated rings. The minimum atomic E-state index is -0.571. The zero-order valence-corrected chi connectivity index (χ0v) is 9.69.